The van der Waals surface area contributed by atoms with E-state index in [0.29, 0.717) is 0 Å². The summed E-state index contributed by atoms with van der Waals surface area (Å²) in [7, 11) is 0. The summed E-state index contributed by atoms with van der Waals surface area (Å²) in [5.41, 5.74) is 5.08. The van der Waals surface area contributed by atoms with Gasteiger partial charge in [0.05, 0.1) is 0 Å². The van der Waals surface area contributed by atoms with Gasteiger partial charge in [-0.1, -0.05) is 30.3 Å². The molecule has 1 aliphatic heterocycles. The van der Waals surface area contributed by atoms with Crippen molar-refractivity contribution in [2.45, 2.75) is 13.0 Å². The maximum absolute atomic E-state index is 5.31. The summed E-state index contributed by atoms with van der Waals surface area (Å²) in [6, 6.07) is 10.1. The van der Waals surface area contributed by atoms with Gasteiger partial charge in [-0.2, -0.15) is 0 Å². The van der Waals surface area contributed by atoms with Gasteiger partial charge in [-0.3, -0.25) is 10.3 Å². The molecule has 1 aromatic carbocycles. The lowest BCUT2D eigenvalue weighted by Crippen LogP contribution is -2.05. The Hall–Kier alpha value is -1.28. The Balaban J connectivity index is 2.22. The highest BCUT2D eigenvalue weighted by atomic mass is 16.7. The van der Waals surface area contributed by atoms with E-state index >= 15 is 0 Å². The van der Waals surface area contributed by atoms with Crippen LogP contribution >= 0.6 is 0 Å². The fraction of sp³-hybridized carbons (Fsp3) is 0.200. The Morgan fingerprint density at radius 1 is 1.25 bits per heavy atom. The van der Waals surface area contributed by atoms with Gasteiger partial charge in [0.2, 0.25) is 0 Å². The highest BCUT2D eigenvalue weighted by Crippen LogP contribution is 2.22. The van der Waals surface area contributed by atoms with Crippen LogP contribution in [-0.4, -0.2) is 0 Å². The SMILES string of the molecule is CC1=C[C@H](c2ccccc2)ON1. The van der Waals surface area contributed by atoms with Crippen molar-refractivity contribution >= 4 is 0 Å². The largest absolute Gasteiger partial charge is 0.271 e. The van der Waals surface area contributed by atoms with E-state index in [1.54, 1.807) is 0 Å². The second-order valence-electron chi connectivity index (χ2n) is 2.90. The van der Waals surface area contributed by atoms with Crippen LogP contribution in [0.1, 0.15) is 18.6 Å². The van der Waals surface area contributed by atoms with Crippen LogP contribution in [0.3, 0.4) is 0 Å². The molecule has 1 aliphatic rings. The topological polar surface area (TPSA) is 21.3 Å². The average molecular weight is 161 g/mol. The van der Waals surface area contributed by atoms with E-state index in [9.17, 15) is 0 Å². The molecule has 0 fully saturated rings. The van der Waals surface area contributed by atoms with Crippen LogP contribution < -0.4 is 5.48 Å². The normalized spacial score (nSPS) is 21.8. The highest BCUT2D eigenvalue weighted by molar-refractivity contribution is 5.23. The number of nitrogens with one attached hydrogen (secondary N) is 1. The fourth-order valence-electron chi connectivity index (χ4n) is 1.26. The predicted octanol–water partition coefficient (Wildman–Crippen LogP) is 2.17. The molecule has 2 nitrogen and oxygen atoms in total. The Morgan fingerprint density at radius 3 is 2.58 bits per heavy atom. The first-order valence-electron chi connectivity index (χ1n) is 4.01. The summed E-state index contributed by atoms with van der Waals surface area (Å²) >= 11 is 0. The van der Waals surface area contributed by atoms with Crippen molar-refractivity contribution in [3.63, 3.8) is 0 Å². The first-order chi connectivity index (χ1) is 5.86. The average Bonchev–Trinajstić information content (AvgIpc) is 2.54. The molecular weight excluding hydrogens is 150 g/mol. The molecule has 1 N–H and O–H groups in total. The summed E-state index contributed by atoms with van der Waals surface area (Å²) in [5, 5.41) is 0. The van der Waals surface area contributed by atoms with E-state index in [4.69, 9.17) is 4.84 Å². The third-order valence-corrected chi connectivity index (χ3v) is 1.88. The van der Waals surface area contributed by atoms with E-state index in [0.717, 1.165) is 5.70 Å². The first-order valence-corrected chi connectivity index (χ1v) is 4.01. The molecule has 0 aliphatic carbocycles. The molecule has 0 saturated heterocycles. The molecule has 0 amide bonds. The molecule has 0 unspecified atom stereocenters. The standard InChI is InChI=1S/C10H11NO/c1-8-7-10(12-11-8)9-5-3-2-4-6-9/h2-7,10-11H,1H3/t10-/m1/s1. The summed E-state index contributed by atoms with van der Waals surface area (Å²) < 4.78 is 0. The van der Waals surface area contributed by atoms with E-state index < -0.39 is 0 Å². The number of benzene rings is 1. The van der Waals surface area contributed by atoms with Gasteiger partial charge in [0.15, 0.2) is 0 Å². The van der Waals surface area contributed by atoms with Crippen LogP contribution in [0.5, 0.6) is 0 Å². The van der Waals surface area contributed by atoms with Crippen molar-refractivity contribution in [2.75, 3.05) is 0 Å². The summed E-state index contributed by atoms with van der Waals surface area (Å²) in [5.74, 6) is 0. The zero-order valence-electron chi connectivity index (χ0n) is 6.95. The minimum atomic E-state index is 0.0752. The predicted molar refractivity (Wildman–Crippen MR) is 47.2 cm³/mol. The Kier molecular flexibility index (Phi) is 1.84. The first kappa shape index (κ1) is 7.37. The number of rotatable bonds is 1. The van der Waals surface area contributed by atoms with Crippen molar-refractivity contribution in [1.29, 1.82) is 0 Å². The molecule has 0 saturated carbocycles. The molecular formula is C10H11NO. The number of hydrogen-bond acceptors (Lipinski definition) is 2. The molecule has 0 spiro atoms. The van der Waals surface area contributed by atoms with E-state index in [-0.39, 0.29) is 6.10 Å². The van der Waals surface area contributed by atoms with Crippen molar-refractivity contribution in [3.8, 4) is 0 Å². The van der Waals surface area contributed by atoms with Crippen LogP contribution in [0.25, 0.3) is 0 Å². The molecule has 1 aromatic rings. The smallest absolute Gasteiger partial charge is 0.131 e. The zero-order chi connectivity index (χ0) is 8.39. The van der Waals surface area contributed by atoms with Crippen LogP contribution in [0.15, 0.2) is 42.1 Å². The summed E-state index contributed by atoms with van der Waals surface area (Å²) in [6.45, 7) is 1.99. The molecule has 1 atom stereocenters. The van der Waals surface area contributed by atoms with Crippen molar-refractivity contribution < 1.29 is 4.84 Å². The molecule has 0 bridgehead atoms. The van der Waals surface area contributed by atoms with Crippen molar-refractivity contribution in [3.05, 3.63) is 47.7 Å². The molecule has 2 rings (SSSR count). The third-order valence-electron chi connectivity index (χ3n) is 1.88. The highest BCUT2D eigenvalue weighted by Gasteiger charge is 2.14. The van der Waals surface area contributed by atoms with E-state index in [1.165, 1.54) is 5.56 Å². The second-order valence-corrected chi connectivity index (χ2v) is 2.90. The molecule has 12 heavy (non-hydrogen) atoms. The van der Waals surface area contributed by atoms with Gasteiger partial charge in [0.25, 0.3) is 0 Å². The number of hydrogen-bond donors (Lipinski definition) is 1. The van der Waals surface area contributed by atoms with Gasteiger partial charge in [0, 0.05) is 5.70 Å². The van der Waals surface area contributed by atoms with Crippen LogP contribution in [0, 0.1) is 0 Å². The third kappa shape index (κ3) is 1.34. The maximum atomic E-state index is 5.31. The lowest BCUT2D eigenvalue weighted by molar-refractivity contribution is 0.0421. The molecule has 1 heterocycles. The zero-order valence-corrected chi connectivity index (χ0v) is 6.95. The van der Waals surface area contributed by atoms with Gasteiger partial charge >= 0.3 is 0 Å². The van der Waals surface area contributed by atoms with Gasteiger partial charge in [-0.05, 0) is 18.6 Å². The number of hydroxylamine groups is 1. The Bertz CT molecular complexity index is 292. The van der Waals surface area contributed by atoms with Crippen molar-refractivity contribution in [2.24, 2.45) is 0 Å². The van der Waals surface area contributed by atoms with Crippen LogP contribution in [0.4, 0.5) is 0 Å². The molecule has 62 valence electrons. The molecule has 0 radical (unpaired) electrons. The fourth-order valence-corrected chi connectivity index (χ4v) is 1.26. The lowest BCUT2D eigenvalue weighted by atomic mass is 10.1. The lowest BCUT2D eigenvalue weighted by Gasteiger charge is -2.06. The number of allylic oxidation sites excluding steroid dienone is 1. The molecule has 0 aromatic heterocycles. The Labute approximate surface area is 71.8 Å². The monoisotopic (exact) mass is 161 g/mol. The molecule has 2 heteroatoms. The minimum Gasteiger partial charge on any atom is -0.271 e. The maximum Gasteiger partial charge on any atom is 0.131 e. The van der Waals surface area contributed by atoms with Gasteiger partial charge < -0.3 is 0 Å². The van der Waals surface area contributed by atoms with Gasteiger partial charge in [-0.15, -0.1) is 0 Å². The van der Waals surface area contributed by atoms with E-state index in [1.807, 2.05) is 25.1 Å². The summed E-state index contributed by atoms with van der Waals surface area (Å²) in [6.07, 6.45) is 2.14. The Morgan fingerprint density at radius 2 is 2.00 bits per heavy atom. The van der Waals surface area contributed by atoms with Gasteiger partial charge in [-0.25, -0.2) is 0 Å². The van der Waals surface area contributed by atoms with Crippen molar-refractivity contribution in [1.82, 2.24) is 5.48 Å². The summed E-state index contributed by atoms with van der Waals surface area (Å²) in [4.78, 5) is 5.31. The van der Waals surface area contributed by atoms with Crippen LogP contribution in [-0.2, 0) is 4.84 Å². The van der Waals surface area contributed by atoms with Gasteiger partial charge in [0.1, 0.15) is 6.10 Å². The quantitative estimate of drug-likeness (QED) is 0.681. The van der Waals surface area contributed by atoms with E-state index in [2.05, 4.69) is 23.7 Å². The minimum absolute atomic E-state index is 0.0752. The van der Waals surface area contributed by atoms with Crippen LogP contribution in [0.2, 0.25) is 0 Å². The second kappa shape index (κ2) is 2.99.